The van der Waals surface area contributed by atoms with Gasteiger partial charge in [0.2, 0.25) is 0 Å². The topological polar surface area (TPSA) is 112 Å². The highest BCUT2D eigenvalue weighted by Gasteiger charge is 2.46. The molecule has 176 valence electrons. The molecule has 1 fully saturated rings. The van der Waals surface area contributed by atoms with Gasteiger partial charge >= 0.3 is 6.18 Å². The number of alkyl halides is 3. The second kappa shape index (κ2) is 7.86. The SMILES string of the molecule is CC1(NC(=O)c2cc3cc(Oc4ncc(F)cc4OCC(F)(F)F)ccn3n2)CS(=O)(=O)C1. The van der Waals surface area contributed by atoms with Crippen molar-refractivity contribution in [2.45, 2.75) is 18.6 Å². The van der Waals surface area contributed by atoms with Crippen LogP contribution >= 0.6 is 0 Å². The molecule has 1 saturated heterocycles. The summed E-state index contributed by atoms with van der Waals surface area (Å²) >= 11 is 0. The van der Waals surface area contributed by atoms with E-state index in [1.54, 1.807) is 6.92 Å². The Morgan fingerprint density at radius 3 is 2.67 bits per heavy atom. The summed E-state index contributed by atoms with van der Waals surface area (Å²) in [6.45, 7) is -0.0450. The zero-order chi connectivity index (χ0) is 24.0. The molecule has 0 aliphatic carbocycles. The van der Waals surface area contributed by atoms with Crippen molar-refractivity contribution >= 4 is 21.3 Å². The van der Waals surface area contributed by atoms with Gasteiger partial charge in [0.1, 0.15) is 11.6 Å². The van der Waals surface area contributed by atoms with E-state index in [4.69, 9.17) is 4.74 Å². The molecule has 0 bridgehead atoms. The molecule has 0 unspecified atom stereocenters. The highest BCUT2D eigenvalue weighted by molar-refractivity contribution is 7.93. The van der Waals surface area contributed by atoms with Crippen molar-refractivity contribution < 1.29 is 40.2 Å². The van der Waals surface area contributed by atoms with Crippen LogP contribution in [0.4, 0.5) is 17.6 Å². The maximum Gasteiger partial charge on any atom is 0.422 e. The number of hydrogen-bond acceptors (Lipinski definition) is 7. The van der Waals surface area contributed by atoms with E-state index in [2.05, 4.69) is 20.1 Å². The summed E-state index contributed by atoms with van der Waals surface area (Å²) in [5.74, 6) is -2.62. The maximum absolute atomic E-state index is 13.4. The molecule has 33 heavy (non-hydrogen) atoms. The summed E-state index contributed by atoms with van der Waals surface area (Å²) in [4.78, 5) is 16.1. The van der Waals surface area contributed by atoms with Gasteiger partial charge < -0.3 is 14.8 Å². The van der Waals surface area contributed by atoms with Crippen molar-refractivity contribution in [2.75, 3.05) is 18.1 Å². The Morgan fingerprint density at radius 2 is 2.00 bits per heavy atom. The first-order valence-electron chi connectivity index (χ1n) is 9.36. The van der Waals surface area contributed by atoms with E-state index < -0.39 is 45.6 Å². The molecule has 1 N–H and O–H groups in total. The van der Waals surface area contributed by atoms with Gasteiger partial charge in [-0.15, -0.1) is 0 Å². The van der Waals surface area contributed by atoms with Crippen molar-refractivity contribution in [1.29, 1.82) is 0 Å². The molecule has 0 atom stereocenters. The molecule has 0 spiro atoms. The predicted octanol–water partition coefficient (Wildman–Crippen LogP) is 2.52. The Labute approximate surface area is 184 Å². The second-order valence-electron chi connectivity index (χ2n) is 7.77. The van der Waals surface area contributed by atoms with Crippen LogP contribution < -0.4 is 14.8 Å². The van der Waals surface area contributed by atoms with Crippen LogP contribution in [0.1, 0.15) is 17.4 Å². The molecule has 4 heterocycles. The number of nitrogens with zero attached hydrogens (tertiary/aromatic N) is 3. The lowest BCUT2D eigenvalue weighted by Gasteiger charge is -2.38. The van der Waals surface area contributed by atoms with E-state index in [0.29, 0.717) is 5.52 Å². The van der Waals surface area contributed by atoms with Crippen LogP contribution in [-0.2, 0) is 9.84 Å². The molecule has 3 aromatic heterocycles. The lowest BCUT2D eigenvalue weighted by Crippen LogP contribution is -2.63. The average Bonchev–Trinajstić information content (AvgIpc) is 3.09. The minimum atomic E-state index is -4.64. The number of carbonyl (C=O) groups is 1. The van der Waals surface area contributed by atoms with Crippen LogP contribution in [0.2, 0.25) is 0 Å². The number of carbonyl (C=O) groups excluding carboxylic acids is 1. The number of hydrogen-bond donors (Lipinski definition) is 1. The quantitative estimate of drug-likeness (QED) is 0.531. The third kappa shape index (κ3) is 5.32. The standard InChI is InChI=1S/C19H16F4N4O5S/c1-18(9-33(29,30)10-18)25-16(28)14-6-12-5-13(2-3-27(12)26-14)32-17-15(4-11(20)7-24-17)31-8-19(21,22)23/h2-7H,8-10H2,1H3,(H,25,28). The highest BCUT2D eigenvalue weighted by atomic mass is 32.2. The Morgan fingerprint density at radius 1 is 1.27 bits per heavy atom. The van der Waals surface area contributed by atoms with Crippen LogP contribution in [0, 0.1) is 5.82 Å². The van der Waals surface area contributed by atoms with Crippen LogP contribution in [0.3, 0.4) is 0 Å². The molecule has 14 heteroatoms. The van der Waals surface area contributed by atoms with E-state index >= 15 is 0 Å². The fraction of sp³-hybridized carbons (Fsp3) is 0.316. The van der Waals surface area contributed by atoms with Gasteiger partial charge in [0.05, 0.1) is 28.8 Å². The van der Waals surface area contributed by atoms with Gasteiger partial charge in [-0.25, -0.2) is 22.3 Å². The molecule has 4 rings (SSSR count). The molecule has 0 saturated carbocycles. The first kappa shape index (κ1) is 22.8. The van der Waals surface area contributed by atoms with Crippen molar-refractivity contribution in [2.24, 2.45) is 0 Å². The van der Waals surface area contributed by atoms with E-state index in [9.17, 15) is 30.8 Å². The summed E-state index contributed by atoms with van der Waals surface area (Å²) in [6.07, 6.45) is -2.45. The third-order valence-corrected chi connectivity index (χ3v) is 6.70. The molecular weight excluding hydrogens is 472 g/mol. The average molecular weight is 488 g/mol. The maximum atomic E-state index is 13.4. The fourth-order valence-corrected chi connectivity index (χ4v) is 5.35. The van der Waals surface area contributed by atoms with E-state index in [-0.39, 0.29) is 28.8 Å². The summed E-state index contributed by atoms with van der Waals surface area (Å²) in [5.41, 5.74) is -0.461. The highest BCUT2D eigenvalue weighted by Crippen LogP contribution is 2.32. The van der Waals surface area contributed by atoms with E-state index in [1.165, 1.54) is 28.9 Å². The molecule has 1 aliphatic heterocycles. The summed E-state index contributed by atoms with van der Waals surface area (Å²) < 4.78 is 85.0. The molecule has 9 nitrogen and oxygen atoms in total. The number of halogens is 4. The minimum absolute atomic E-state index is 0.0202. The Hall–Kier alpha value is -3.42. The van der Waals surface area contributed by atoms with Crippen molar-refractivity contribution in [3.05, 3.63) is 48.2 Å². The number of nitrogens with one attached hydrogen (secondary N) is 1. The van der Waals surface area contributed by atoms with Gasteiger partial charge in [-0.2, -0.15) is 18.3 Å². The molecular formula is C19H16F4N4O5S. The molecule has 1 aliphatic rings. The first-order valence-corrected chi connectivity index (χ1v) is 11.2. The Kier molecular flexibility index (Phi) is 5.42. The number of aromatic nitrogens is 3. The summed E-state index contributed by atoms with van der Waals surface area (Å²) in [5, 5.41) is 6.75. The Bertz CT molecular complexity index is 1330. The Balaban J connectivity index is 1.52. The predicted molar refractivity (Wildman–Crippen MR) is 106 cm³/mol. The molecule has 0 radical (unpaired) electrons. The number of fused-ring (bicyclic) bond motifs is 1. The van der Waals surface area contributed by atoms with Gasteiger partial charge in [-0.1, -0.05) is 0 Å². The second-order valence-corrected chi connectivity index (χ2v) is 9.84. The molecule has 0 aromatic carbocycles. The summed E-state index contributed by atoms with van der Waals surface area (Å²) in [6, 6.07) is 4.96. The number of rotatable bonds is 6. The molecule has 3 aromatic rings. The minimum Gasteiger partial charge on any atom is -0.478 e. The van der Waals surface area contributed by atoms with Crippen LogP contribution in [0.5, 0.6) is 17.4 Å². The van der Waals surface area contributed by atoms with E-state index in [0.717, 1.165) is 12.3 Å². The lowest BCUT2D eigenvalue weighted by molar-refractivity contribution is -0.153. The van der Waals surface area contributed by atoms with E-state index in [1.807, 2.05) is 0 Å². The largest absolute Gasteiger partial charge is 0.478 e. The van der Waals surface area contributed by atoms with Crippen molar-refractivity contribution in [1.82, 2.24) is 19.9 Å². The number of amides is 1. The zero-order valence-electron chi connectivity index (χ0n) is 16.9. The monoisotopic (exact) mass is 488 g/mol. The normalized spacial score (nSPS) is 16.8. The molecule has 1 amide bonds. The zero-order valence-corrected chi connectivity index (χ0v) is 17.7. The number of pyridine rings is 2. The third-order valence-electron chi connectivity index (χ3n) is 4.55. The summed E-state index contributed by atoms with van der Waals surface area (Å²) in [7, 11) is -3.15. The number of ether oxygens (including phenoxy) is 2. The fourth-order valence-electron chi connectivity index (χ4n) is 3.35. The van der Waals surface area contributed by atoms with Crippen LogP contribution in [0.25, 0.3) is 5.52 Å². The van der Waals surface area contributed by atoms with Crippen LogP contribution in [0.15, 0.2) is 36.7 Å². The number of sulfone groups is 1. The van der Waals surface area contributed by atoms with Gasteiger partial charge in [-0.05, 0) is 19.1 Å². The lowest BCUT2D eigenvalue weighted by atomic mass is 10.1. The smallest absolute Gasteiger partial charge is 0.422 e. The van der Waals surface area contributed by atoms with Crippen molar-refractivity contribution in [3.63, 3.8) is 0 Å². The van der Waals surface area contributed by atoms with Crippen molar-refractivity contribution in [3.8, 4) is 17.4 Å². The van der Waals surface area contributed by atoms with Gasteiger partial charge in [0.25, 0.3) is 11.8 Å². The van der Waals surface area contributed by atoms with Crippen LogP contribution in [-0.4, -0.2) is 58.8 Å². The van der Waals surface area contributed by atoms with Gasteiger partial charge in [0, 0.05) is 18.3 Å². The van der Waals surface area contributed by atoms with Gasteiger partial charge in [-0.3, -0.25) is 4.79 Å². The first-order chi connectivity index (χ1) is 15.3. The van der Waals surface area contributed by atoms with Gasteiger partial charge in [0.15, 0.2) is 27.9 Å².